The van der Waals surface area contributed by atoms with Crippen molar-refractivity contribution in [1.82, 2.24) is 10.2 Å². The Hall–Kier alpha value is -1.55. The summed E-state index contributed by atoms with van der Waals surface area (Å²) < 4.78 is 6.10. The van der Waals surface area contributed by atoms with Crippen LogP contribution >= 0.6 is 0 Å². The summed E-state index contributed by atoms with van der Waals surface area (Å²) >= 11 is 0. The van der Waals surface area contributed by atoms with E-state index in [0.29, 0.717) is 23.5 Å². The molecule has 4 rings (SSSR count). The molecule has 3 atom stereocenters. The summed E-state index contributed by atoms with van der Waals surface area (Å²) in [6.07, 6.45) is 7.02. The minimum Gasteiger partial charge on any atom is -0.377 e. The Morgan fingerprint density at radius 1 is 1.25 bits per heavy atom. The summed E-state index contributed by atoms with van der Waals surface area (Å²) in [6, 6.07) is 11.0. The second kappa shape index (κ2) is 6.40. The van der Waals surface area contributed by atoms with Gasteiger partial charge in [-0.05, 0) is 24.8 Å². The average Bonchev–Trinajstić information content (AvgIpc) is 3.24. The fourth-order valence-corrected chi connectivity index (χ4v) is 5.11. The van der Waals surface area contributed by atoms with Gasteiger partial charge in [0, 0.05) is 38.1 Å². The van der Waals surface area contributed by atoms with Gasteiger partial charge in [0.25, 0.3) is 0 Å². The van der Waals surface area contributed by atoms with E-state index in [1.165, 1.54) is 37.7 Å². The van der Waals surface area contributed by atoms with Gasteiger partial charge in [-0.1, -0.05) is 43.2 Å². The van der Waals surface area contributed by atoms with Gasteiger partial charge in [-0.2, -0.15) is 0 Å². The molecule has 24 heavy (non-hydrogen) atoms. The maximum atomic E-state index is 6.10. The van der Waals surface area contributed by atoms with Crippen molar-refractivity contribution >= 4 is 5.96 Å². The van der Waals surface area contributed by atoms with Gasteiger partial charge in [-0.3, -0.25) is 0 Å². The Labute approximate surface area is 145 Å². The third-order valence-corrected chi connectivity index (χ3v) is 6.25. The molecule has 1 N–H and O–H groups in total. The van der Waals surface area contributed by atoms with Crippen LogP contribution in [0.1, 0.15) is 37.7 Å². The van der Waals surface area contributed by atoms with Gasteiger partial charge in [-0.25, -0.2) is 4.99 Å². The van der Waals surface area contributed by atoms with E-state index in [9.17, 15) is 0 Å². The predicted molar refractivity (Wildman–Crippen MR) is 96.9 cm³/mol. The maximum absolute atomic E-state index is 6.10. The Balaban J connectivity index is 1.50. The van der Waals surface area contributed by atoms with Crippen molar-refractivity contribution in [3.05, 3.63) is 35.9 Å². The van der Waals surface area contributed by atoms with Crippen molar-refractivity contribution < 1.29 is 4.74 Å². The highest BCUT2D eigenvalue weighted by Crippen LogP contribution is 2.60. The molecule has 1 spiro atoms. The lowest BCUT2D eigenvalue weighted by Gasteiger charge is -2.57. The van der Waals surface area contributed by atoms with Crippen LogP contribution in [0.5, 0.6) is 0 Å². The SMILES string of the molecule is CN(C)C(=NCc1ccccc1)NC1C2CCOC2C12CCCC2. The molecule has 3 aliphatic rings. The van der Waals surface area contributed by atoms with Crippen molar-refractivity contribution in [1.29, 1.82) is 0 Å². The Kier molecular flexibility index (Phi) is 4.25. The highest BCUT2D eigenvalue weighted by atomic mass is 16.5. The van der Waals surface area contributed by atoms with E-state index in [1.54, 1.807) is 0 Å². The van der Waals surface area contributed by atoms with Crippen LogP contribution in [-0.2, 0) is 11.3 Å². The lowest BCUT2D eigenvalue weighted by molar-refractivity contribution is -0.125. The normalized spacial score (nSPS) is 30.9. The number of aliphatic imine (C=N–C) groups is 1. The van der Waals surface area contributed by atoms with Crippen molar-refractivity contribution in [2.75, 3.05) is 20.7 Å². The van der Waals surface area contributed by atoms with Gasteiger partial charge in [0.15, 0.2) is 5.96 Å². The van der Waals surface area contributed by atoms with Crippen LogP contribution in [0, 0.1) is 11.3 Å². The first-order chi connectivity index (χ1) is 11.7. The zero-order chi connectivity index (χ0) is 16.6. The van der Waals surface area contributed by atoms with Gasteiger partial charge in [0.2, 0.25) is 0 Å². The van der Waals surface area contributed by atoms with E-state index in [0.717, 1.165) is 19.1 Å². The number of rotatable bonds is 3. The quantitative estimate of drug-likeness (QED) is 0.685. The molecule has 0 aromatic heterocycles. The molecule has 1 heterocycles. The topological polar surface area (TPSA) is 36.9 Å². The first kappa shape index (κ1) is 15.9. The van der Waals surface area contributed by atoms with Gasteiger partial charge >= 0.3 is 0 Å². The number of fused-ring (bicyclic) bond motifs is 2. The number of benzene rings is 1. The summed E-state index contributed by atoms with van der Waals surface area (Å²) in [7, 11) is 4.17. The summed E-state index contributed by atoms with van der Waals surface area (Å²) in [5, 5.41) is 3.82. The maximum Gasteiger partial charge on any atom is 0.193 e. The van der Waals surface area contributed by atoms with Gasteiger partial charge < -0.3 is 15.0 Å². The molecule has 1 aliphatic heterocycles. The Bertz CT molecular complexity index is 592. The highest BCUT2D eigenvalue weighted by Gasteiger charge is 2.65. The Morgan fingerprint density at radius 2 is 2.00 bits per heavy atom. The van der Waals surface area contributed by atoms with Crippen LogP contribution in [0.3, 0.4) is 0 Å². The highest BCUT2D eigenvalue weighted by molar-refractivity contribution is 5.80. The standard InChI is InChI=1S/C20H29N3O/c1-23(2)19(21-14-15-8-4-3-5-9-15)22-17-16-10-13-24-18(16)20(17)11-6-7-12-20/h3-5,8-9,16-18H,6-7,10-14H2,1-2H3,(H,21,22). The predicted octanol–water partition coefficient (Wildman–Crippen LogP) is 3.04. The minimum absolute atomic E-state index is 0.366. The summed E-state index contributed by atoms with van der Waals surface area (Å²) in [5.41, 5.74) is 1.62. The van der Waals surface area contributed by atoms with Crippen LogP contribution in [0.15, 0.2) is 35.3 Å². The van der Waals surface area contributed by atoms with Crippen LogP contribution in [0.4, 0.5) is 0 Å². The largest absolute Gasteiger partial charge is 0.377 e. The van der Waals surface area contributed by atoms with E-state index in [4.69, 9.17) is 9.73 Å². The molecule has 4 nitrogen and oxygen atoms in total. The summed E-state index contributed by atoms with van der Waals surface area (Å²) in [4.78, 5) is 6.99. The number of hydrogen-bond donors (Lipinski definition) is 1. The monoisotopic (exact) mass is 327 g/mol. The van der Waals surface area contributed by atoms with Crippen molar-refractivity contribution in [3.8, 4) is 0 Å². The minimum atomic E-state index is 0.366. The second-order valence-corrected chi connectivity index (χ2v) is 7.83. The van der Waals surface area contributed by atoms with Crippen molar-refractivity contribution in [2.45, 2.75) is 50.8 Å². The molecule has 1 saturated heterocycles. The van der Waals surface area contributed by atoms with Gasteiger partial charge in [0.1, 0.15) is 0 Å². The molecule has 0 radical (unpaired) electrons. The molecule has 3 unspecified atom stereocenters. The van der Waals surface area contributed by atoms with Gasteiger partial charge in [0.05, 0.1) is 12.6 Å². The van der Waals surface area contributed by atoms with Crippen LogP contribution in [0.2, 0.25) is 0 Å². The third-order valence-electron chi connectivity index (χ3n) is 6.25. The lowest BCUT2D eigenvalue weighted by Crippen LogP contribution is -2.69. The third kappa shape index (κ3) is 2.61. The molecule has 130 valence electrons. The van der Waals surface area contributed by atoms with E-state index < -0.39 is 0 Å². The van der Waals surface area contributed by atoms with Crippen LogP contribution in [0.25, 0.3) is 0 Å². The number of nitrogens with zero attached hydrogens (tertiary/aromatic N) is 2. The molecule has 0 amide bonds. The van der Waals surface area contributed by atoms with Gasteiger partial charge in [-0.15, -0.1) is 0 Å². The Morgan fingerprint density at radius 3 is 2.71 bits per heavy atom. The first-order valence-electron chi connectivity index (χ1n) is 9.34. The fraction of sp³-hybridized carbons (Fsp3) is 0.650. The van der Waals surface area contributed by atoms with E-state index in [2.05, 4.69) is 54.6 Å². The van der Waals surface area contributed by atoms with Crippen molar-refractivity contribution in [2.24, 2.45) is 16.3 Å². The first-order valence-corrected chi connectivity index (χ1v) is 9.34. The molecule has 3 fully saturated rings. The molecule has 1 aromatic rings. The number of nitrogens with one attached hydrogen (secondary N) is 1. The fourth-order valence-electron chi connectivity index (χ4n) is 5.11. The molecule has 0 bridgehead atoms. The molecular weight excluding hydrogens is 298 g/mol. The number of ether oxygens (including phenoxy) is 1. The molecule has 2 saturated carbocycles. The average molecular weight is 327 g/mol. The van der Waals surface area contributed by atoms with Crippen LogP contribution in [-0.4, -0.2) is 43.7 Å². The van der Waals surface area contributed by atoms with E-state index >= 15 is 0 Å². The summed E-state index contributed by atoms with van der Waals surface area (Å²) in [5.74, 6) is 1.69. The smallest absolute Gasteiger partial charge is 0.193 e. The molecule has 2 aliphatic carbocycles. The second-order valence-electron chi connectivity index (χ2n) is 7.83. The van der Waals surface area contributed by atoms with E-state index in [-0.39, 0.29) is 0 Å². The van der Waals surface area contributed by atoms with E-state index in [1.807, 2.05) is 0 Å². The zero-order valence-electron chi connectivity index (χ0n) is 14.9. The molecular formula is C20H29N3O. The number of guanidine groups is 1. The van der Waals surface area contributed by atoms with Crippen molar-refractivity contribution in [3.63, 3.8) is 0 Å². The zero-order valence-corrected chi connectivity index (χ0v) is 14.9. The number of hydrogen-bond acceptors (Lipinski definition) is 2. The molecule has 4 heteroatoms. The lowest BCUT2D eigenvalue weighted by atomic mass is 9.54. The molecule has 1 aromatic carbocycles. The summed E-state index contributed by atoms with van der Waals surface area (Å²) in [6.45, 7) is 1.67. The van der Waals surface area contributed by atoms with Crippen LogP contribution < -0.4 is 5.32 Å².